The van der Waals surface area contributed by atoms with Crippen LogP contribution in [0.1, 0.15) is 44.4 Å². The van der Waals surface area contributed by atoms with Gasteiger partial charge in [0.05, 0.1) is 51.3 Å². The normalized spacial score (nSPS) is 11.3. The summed E-state index contributed by atoms with van der Waals surface area (Å²) in [5.74, 6) is -3.51. The molecule has 43 heavy (non-hydrogen) atoms. The minimum atomic E-state index is -0.792. The topological polar surface area (TPSA) is 208 Å². The molecule has 3 rings (SSSR count). The van der Waals surface area contributed by atoms with Gasteiger partial charge >= 0.3 is 17.9 Å². The standard InChI is InChI=1S/C28H25N3O12/c1-2-18(15-41-26(32)19-3-9-23(10-4-19)29(35)36)22(16-42-27(33)20-5-11-24(12-6-20)30(37)38)17-43-28(34)21-7-13-25(14-8-21)31(39)40/h3-14,18,22H,2,15-17H2,1H3/t18-/m1/s1. The Kier molecular flexibility index (Phi) is 10.9. The third-order valence-corrected chi connectivity index (χ3v) is 6.42. The zero-order chi connectivity index (χ0) is 31.5. The fraction of sp³-hybridized carbons (Fsp3) is 0.250. The summed E-state index contributed by atoms with van der Waals surface area (Å²) in [5.41, 5.74) is -0.462. The molecular weight excluding hydrogens is 570 g/mol. The minimum absolute atomic E-state index is 0.0462. The van der Waals surface area contributed by atoms with Crippen LogP contribution in [0.2, 0.25) is 0 Å². The highest BCUT2D eigenvalue weighted by Gasteiger charge is 2.26. The predicted octanol–water partition coefficient (Wildman–Crippen LogP) is 4.92. The average molecular weight is 596 g/mol. The summed E-state index contributed by atoms with van der Waals surface area (Å²) >= 11 is 0. The van der Waals surface area contributed by atoms with Gasteiger partial charge in [-0.3, -0.25) is 30.3 Å². The molecule has 3 aromatic carbocycles. The zero-order valence-corrected chi connectivity index (χ0v) is 22.7. The molecule has 0 aliphatic heterocycles. The number of non-ortho nitro benzene ring substituents is 3. The molecule has 0 bridgehead atoms. The van der Waals surface area contributed by atoms with Gasteiger partial charge in [0.1, 0.15) is 0 Å². The Bertz CT molecular complexity index is 1420. The number of hydrogen-bond acceptors (Lipinski definition) is 12. The molecule has 1 atom stereocenters. The molecule has 0 spiro atoms. The second-order valence-corrected chi connectivity index (χ2v) is 9.14. The molecule has 0 saturated carbocycles. The molecule has 0 aliphatic rings. The van der Waals surface area contributed by atoms with Crippen molar-refractivity contribution in [1.82, 2.24) is 0 Å². The third-order valence-electron chi connectivity index (χ3n) is 6.42. The quantitative estimate of drug-likeness (QED) is 0.105. The number of carbonyl (C=O) groups excluding carboxylic acids is 3. The maximum Gasteiger partial charge on any atom is 0.338 e. The van der Waals surface area contributed by atoms with E-state index in [2.05, 4.69) is 0 Å². The Morgan fingerprint density at radius 3 is 1.02 bits per heavy atom. The lowest BCUT2D eigenvalue weighted by Gasteiger charge is -2.25. The van der Waals surface area contributed by atoms with Gasteiger partial charge in [-0.2, -0.15) is 0 Å². The fourth-order valence-corrected chi connectivity index (χ4v) is 3.86. The number of hydrogen-bond donors (Lipinski definition) is 0. The van der Waals surface area contributed by atoms with Crippen molar-refractivity contribution < 1.29 is 43.4 Å². The van der Waals surface area contributed by atoms with Gasteiger partial charge in [0.2, 0.25) is 0 Å². The van der Waals surface area contributed by atoms with Crippen LogP contribution >= 0.6 is 0 Å². The molecule has 0 amide bonds. The van der Waals surface area contributed by atoms with Crippen LogP contribution in [0.5, 0.6) is 0 Å². The zero-order valence-electron chi connectivity index (χ0n) is 22.7. The average Bonchev–Trinajstić information content (AvgIpc) is 3.01. The Hall–Kier alpha value is -5.73. The second-order valence-electron chi connectivity index (χ2n) is 9.14. The van der Waals surface area contributed by atoms with Gasteiger partial charge in [-0.1, -0.05) is 6.92 Å². The molecule has 0 aliphatic carbocycles. The molecule has 0 unspecified atom stereocenters. The van der Waals surface area contributed by atoms with E-state index in [9.17, 15) is 44.7 Å². The van der Waals surface area contributed by atoms with E-state index in [0.717, 1.165) is 36.4 Å². The molecule has 0 aromatic heterocycles. The van der Waals surface area contributed by atoms with E-state index < -0.39 is 44.5 Å². The molecule has 0 N–H and O–H groups in total. The summed E-state index contributed by atoms with van der Waals surface area (Å²) in [6, 6.07) is 14.3. The maximum absolute atomic E-state index is 12.6. The van der Waals surface area contributed by atoms with Gasteiger partial charge in [0.15, 0.2) is 0 Å². The van der Waals surface area contributed by atoms with Crippen LogP contribution in [0.4, 0.5) is 17.1 Å². The Morgan fingerprint density at radius 1 is 0.535 bits per heavy atom. The summed E-state index contributed by atoms with van der Waals surface area (Å²) in [7, 11) is 0. The number of esters is 3. The number of carbonyl (C=O) groups is 3. The van der Waals surface area contributed by atoms with Crippen molar-refractivity contribution in [3.8, 4) is 0 Å². The van der Waals surface area contributed by atoms with Gasteiger partial charge < -0.3 is 14.2 Å². The van der Waals surface area contributed by atoms with Crippen LogP contribution in [0.15, 0.2) is 72.8 Å². The number of nitro groups is 3. The Morgan fingerprint density at radius 2 is 0.791 bits per heavy atom. The van der Waals surface area contributed by atoms with Crippen molar-refractivity contribution in [2.24, 2.45) is 11.8 Å². The molecule has 0 radical (unpaired) electrons. The summed E-state index contributed by atoms with van der Waals surface area (Å²) in [6.45, 7) is 1.03. The first-order chi connectivity index (χ1) is 20.5. The molecule has 0 fully saturated rings. The summed E-state index contributed by atoms with van der Waals surface area (Å²) in [6.07, 6.45) is 0.391. The van der Waals surface area contributed by atoms with E-state index in [4.69, 9.17) is 14.2 Å². The second kappa shape index (κ2) is 14.8. The SMILES string of the molecule is CC[C@H](COC(=O)c1ccc([N+](=O)[O-])cc1)C(COC(=O)c1ccc([N+](=O)[O-])cc1)COC(=O)c1ccc([N+](=O)[O-])cc1. The molecule has 3 aromatic rings. The summed E-state index contributed by atoms with van der Waals surface area (Å²) in [5, 5.41) is 32.6. The van der Waals surface area contributed by atoms with E-state index in [1.54, 1.807) is 6.92 Å². The molecule has 15 heteroatoms. The van der Waals surface area contributed by atoms with Crippen molar-refractivity contribution in [1.29, 1.82) is 0 Å². The van der Waals surface area contributed by atoms with Crippen LogP contribution in [-0.4, -0.2) is 52.5 Å². The number of rotatable bonds is 14. The number of ether oxygens (including phenoxy) is 3. The highest BCUT2D eigenvalue weighted by atomic mass is 16.6. The molecule has 224 valence electrons. The molecule has 0 saturated heterocycles. The first kappa shape index (κ1) is 31.8. The first-order valence-corrected chi connectivity index (χ1v) is 12.7. The van der Waals surface area contributed by atoms with Crippen LogP contribution in [0.25, 0.3) is 0 Å². The van der Waals surface area contributed by atoms with Gasteiger partial charge in [-0.15, -0.1) is 0 Å². The van der Waals surface area contributed by atoms with Crippen molar-refractivity contribution in [3.63, 3.8) is 0 Å². The number of benzene rings is 3. The number of nitrogens with zero attached hydrogens (tertiary/aromatic N) is 3. The Labute approximate surface area is 243 Å². The first-order valence-electron chi connectivity index (χ1n) is 12.7. The van der Waals surface area contributed by atoms with Crippen LogP contribution in [-0.2, 0) is 14.2 Å². The lowest BCUT2D eigenvalue weighted by molar-refractivity contribution is -0.385. The van der Waals surface area contributed by atoms with E-state index in [0.29, 0.717) is 6.42 Å². The van der Waals surface area contributed by atoms with Gasteiger partial charge in [0.25, 0.3) is 17.1 Å². The third kappa shape index (κ3) is 8.88. The van der Waals surface area contributed by atoms with Gasteiger partial charge in [-0.25, -0.2) is 14.4 Å². The lowest BCUT2D eigenvalue weighted by atomic mass is 9.92. The van der Waals surface area contributed by atoms with Crippen LogP contribution in [0.3, 0.4) is 0 Å². The predicted molar refractivity (Wildman–Crippen MR) is 147 cm³/mol. The monoisotopic (exact) mass is 595 g/mol. The van der Waals surface area contributed by atoms with Crippen LogP contribution < -0.4 is 0 Å². The van der Waals surface area contributed by atoms with E-state index in [1.807, 2.05) is 0 Å². The van der Waals surface area contributed by atoms with Crippen molar-refractivity contribution in [3.05, 3.63) is 120 Å². The number of nitro benzene ring substituents is 3. The molecule has 0 heterocycles. The molecular formula is C28H25N3O12. The summed E-state index contributed by atoms with van der Waals surface area (Å²) < 4.78 is 16.2. The van der Waals surface area contributed by atoms with Crippen molar-refractivity contribution >= 4 is 35.0 Å². The lowest BCUT2D eigenvalue weighted by Crippen LogP contribution is -2.31. The highest BCUT2D eigenvalue weighted by Crippen LogP contribution is 2.22. The van der Waals surface area contributed by atoms with Gasteiger partial charge in [-0.05, 0) is 42.8 Å². The van der Waals surface area contributed by atoms with Crippen molar-refractivity contribution in [2.45, 2.75) is 13.3 Å². The fourth-order valence-electron chi connectivity index (χ4n) is 3.86. The maximum atomic E-state index is 12.6. The smallest absolute Gasteiger partial charge is 0.338 e. The summed E-state index contributed by atoms with van der Waals surface area (Å²) in [4.78, 5) is 68.6. The van der Waals surface area contributed by atoms with E-state index >= 15 is 0 Å². The Balaban J connectivity index is 1.71. The van der Waals surface area contributed by atoms with Crippen LogP contribution in [0, 0.1) is 42.2 Å². The van der Waals surface area contributed by atoms with Gasteiger partial charge in [0, 0.05) is 48.2 Å². The van der Waals surface area contributed by atoms with E-state index in [-0.39, 0.29) is 53.6 Å². The molecule has 15 nitrogen and oxygen atoms in total. The minimum Gasteiger partial charge on any atom is -0.462 e. The largest absolute Gasteiger partial charge is 0.462 e. The van der Waals surface area contributed by atoms with Crippen molar-refractivity contribution in [2.75, 3.05) is 19.8 Å². The van der Waals surface area contributed by atoms with E-state index in [1.165, 1.54) is 36.4 Å². The highest BCUT2D eigenvalue weighted by molar-refractivity contribution is 5.90.